The van der Waals surface area contributed by atoms with E-state index in [1.54, 1.807) is 18.8 Å². The first-order valence-electron chi connectivity index (χ1n) is 6.91. The number of carbonyl (C=O) groups excluding carboxylic acids is 1. The van der Waals surface area contributed by atoms with Crippen molar-refractivity contribution in [3.8, 4) is 0 Å². The number of aryl methyl sites for hydroxylation is 1. The van der Waals surface area contributed by atoms with Gasteiger partial charge < -0.3 is 10.6 Å². The molecule has 1 amide bonds. The maximum atomic E-state index is 11.7. The molecule has 118 valence electrons. The monoisotopic (exact) mass is 336 g/mol. The van der Waals surface area contributed by atoms with E-state index in [9.17, 15) is 4.79 Å². The highest BCUT2D eigenvalue weighted by Gasteiger charge is 2.06. The second kappa shape index (κ2) is 9.51. The maximum absolute atomic E-state index is 11.7. The summed E-state index contributed by atoms with van der Waals surface area (Å²) < 4.78 is 0. The predicted molar refractivity (Wildman–Crippen MR) is 97.0 cm³/mol. The summed E-state index contributed by atoms with van der Waals surface area (Å²) in [5, 5.41) is 5.79. The topological polar surface area (TPSA) is 41.1 Å². The zero-order valence-electron chi connectivity index (χ0n) is 12.8. The molecule has 0 heterocycles. The summed E-state index contributed by atoms with van der Waals surface area (Å²) >= 11 is 1.73. The van der Waals surface area contributed by atoms with Gasteiger partial charge in [0.1, 0.15) is 0 Å². The molecule has 0 unspecified atom stereocenters. The van der Waals surface area contributed by atoms with Crippen LogP contribution in [-0.2, 0) is 10.5 Å². The summed E-state index contributed by atoms with van der Waals surface area (Å²) in [6.45, 7) is 2.41. The van der Waals surface area contributed by atoms with Gasteiger partial charge in [-0.3, -0.25) is 4.79 Å². The molecule has 0 aromatic heterocycles. The third-order valence-corrected chi connectivity index (χ3v) is 4.12. The van der Waals surface area contributed by atoms with Gasteiger partial charge in [0.15, 0.2) is 0 Å². The number of benzene rings is 2. The average Bonchev–Trinajstić information content (AvgIpc) is 2.47. The molecule has 3 nitrogen and oxygen atoms in total. The Morgan fingerprint density at radius 1 is 1.14 bits per heavy atom. The highest BCUT2D eigenvalue weighted by Crippen LogP contribution is 2.29. The van der Waals surface area contributed by atoms with E-state index in [0.717, 1.165) is 16.3 Å². The fraction of sp³-hybridized carbons (Fsp3) is 0.235. The first-order chi connectivity index (χ1) is 10.2. The quantitative estimate of drug-likeness (QED) is 0.787. The molecule has 0 aliphatic heterocycles. The van der Waals surface area contributed by atoms with Crippen molar-refractivity contribution in [2.45, 2.75) is 17.6 Å². The van der Waals surface area contributed by atoms with Crippen molar-refractivity contribution in [2.75, 3.05) is 18.9 Å². The standard InChI is InChI=1S/C17H20N2OS.ClH/c1-13-6-5-7-14(10-13)12-21-16-9-4-3-8-15(16)19-17(20)11-18-2;/h3-10,18H,11-12H2,1-2H3,(H,19,20);1H. The van der Waals surface area contributed by atoms with Crippen LogP contribution in [0.15, 0.2) is 53.4 Å². The lowest BCUT2D eigenvalue weighted by molar-refractivity contribution is -0.115. The Morgan fingerprint density at radius 2 is 1.91 bits per heavy atom. The molecule has 5 heteroatoms. The molecule has 2 aromatic rings. The van der Waals surface area contributed by atoms with Gasteiger partial charge in [0.25, 0.3) is 0 Å². The average molecular weight is 337 g/mol. The molecule has 0 saturated heterocycles. The molecule has 0 fully saturated rings. The lowest BCUT2D eigenvalue weighted by atomic mass is 10.2. The largest absolute Gasteiger partial charge is 0.324 e. The summed E-state index contributed by atoms with van der Waals surface area (Å²) in [6, 6.07) is 16.4. The molecule has 0 saturated carbocycles. The van der Waals surface area contributed by atoms with E-state index in [1.165, 1.54) is 11.1 Å². The third kappa shape index (κ3) is 5.72. The number of likely N-dealkylation sites (N-methyl/N-ethyl adjacent to an activating group) is 1. The van der Waals surface area contributed by atoms with Crippen LogP contribution in [0, 0.1) is 6.92 Å². The summed E-state index contributed by atoms with van der Waals surface area (Å²) in [5.74, 6) is 0.863. The van der Waals surface area contributed by atoms with Gasteiger partial charge in [-0.1, -0.05) is 42.0 Å². The van der Waals surface area contributed by atoms with Crippen molar-refractivity contribution < 1.29 is 4.79 Å². The van der Waals surface area contributed by atoms with Gasteiger partial charge in [0, 0.05) is 10.6 Å². The van der Waals surface area contributed by atoms with Crippen molar-refractivity contribution in [3.05, 3.63) is 59.7 Å². The van der Waals surface area contributed by atoms with Gasteiger partial charge in [-0.05, 0) is 31.7 Å². The van der Waals surface area contributed by atoms with E-state index >= 15 is 0 Å². The SMILES string of the molecule is CNCC(=O)Nc1ccccc1SCc1cccc(C)c1.Cl. The van der Waals surface area contributed by atoms with Crippen LogP contribution in [0.5, 0.6) is 0 Å². The molecular formula is C17H21ClN2OS. The fourth-order valence-corrected chi connectivity index (χ4v) is 2.96. The van der Waals surface area contributed by atoms with Crippen LogP contribution >= 0.6 is 24.2 Å². The first-order valence-corrected chi connectivity index (χ1v) is 7.89. The molecule has 0 radical (unpaired) electrons. The molecule has 2 N–H and O–H groups in total. The number of hydrogen-bond acceptors (Lipinski definition) is 3. The van der Waals surface area contributed by atoms with E-state index in [0.29, 0.717) is 6.54 Å². The van der Waals surface area contributed by atoms with Crippen LogP contribution in [0.3, 0.4) is 0 Å². The molecule has 22 heavy (non-hydrogen) atoms. The van der Waals surface area contributed by atoms with E-state index < -0.39 is 0 Å². The molecule has 0 bridgehead atoms. The van der Waals surface area contributed by atoms with Crippen molar-refractivity contribution in [3.63, 3.8) is 0 Å². The Hall–Kier alpha value is -1.49. The minimum atomic E-state index is -0.0268. The highest BCUT2D eigenvalue weighted by molar-refractivity contribution is 7.98. The van der Waals surface area contributed by atoms with Crippen LogP contribution < -0.4 is 10.6 Å². The molecule has 2 rings (SSSR count). The number of rotatable bonds is 6. The molecular weight excluding hydrogens is 316 g/mol. The van der Waals surface area contributed by atoms with Gasteiger partial charge in [0.2, 0.25) is 5.91 Å². The van der Waals surface area contributed by atoms with E-state index in [4.69, 9.17) is 0 Å². The molecule has 0 aliphatic carbocycles. The Kier molecular flexibility index (Phi) is 8.02. The van der Waals surface area contributed by atoms with Crippen LogP contribution in [0.1, 0.15) is 11.1 Å². The summed E-state index contributed by atoms with van der Waals surface area (Å²) in [7, 11) is 1.76. The number of carbonyl (C=O) groups is 1. The fourth-order valence-electron chi connectivity index (χ4n) is 2.01. The van der Waals surface area contributed by atoms with Crippen LogP contribution in [0.2, 0.25) is 0 Å². The van der Waals surface area contributed by atoms with E-state index in [2.05, 4.69) is 41.8 Å². The molecule has 0 atom stereocenters. The van der Waals surface area contributed by atoms with Crippen LogP contribution in [0.25, 0.3) is 0 Å². The van der Waals surface area contributed by atoms with Gasteiger partial charge in [0.05, 0.1) is 12.2 Å². The second-order valence-electron chi connectivity index (χ2n) is 4.85. The molecule has 0 spiro atoms. The number of para-hydroxylation sites is 1. The van der Waals surface area contributed by atoms with Crippen molar-refractivity contribution in [2.24, 2.45) is 0 Å². The summed E-state index contributed by atoms with van der Waals surface area (Å²) in [4.78, 5) is 12.8. The Bertz CT molecular complexity index is 619. The Labute approximate surface area is 142 Å². The summed E-state index contributed by atoms with van der Waals surface area (Å²) in [5.41, 5.74) is 3.43. The molecule has 0 aliphatic rings. The number of nitrogens with one attached hydrogen (secondary N) is 2. The number of hydrogen-bond donors (Lipinski definition) is 2. The van der Waals surface area contributed by atoms with Gasteiger partial charge >= 0.3 is 0 Å². The predicted octanol–water partition coefficient (Wildman–Crippen LogP) is 3.87. The van der Waals surface area contributed by atoms with Gasteiger partial charge in [-0.25, -0.2) is 0 Å². The lowest BCUT2D eigenvalue weighted by Gasteiger charge is -2.11. The van der Waals surface area contributed by atoms with Crippen molar-refractivity contribution in [1.82, 2.24) is 5.32 Å². The minimum Gasteiger partial charge on any atom is -0.324 e. The summed E-state index contributed by atoms with van der Waals surface area (Å²) in [6.07, 6.45) is 0. The number of thioether (sulfide) groups is 1. The third-order valence-electron chi connectivity index (χ3n) is 2.98. The van der Waals surface area contributed by atoms with Gasteiger partial charge in [-0.2, -0.15) is 0 Å². The number of anilines is 1. The van der Waals surface area contributed by atoms with Crippen LogP contribution in [-0.4, -0.2) is 19.5 Å². The van der Waals surface area contributed by atoms with Crippen LogP contribution in [0.4, 0.5) is 5.69 Å². The maximum Gasteiger partial charge on any atom is 0.238 e. The van der Waals surface area contributed by atoms with E-state index in [1.807, 2.05) is 24.3 Å². The van der Waals surface area contributed by atoms with E-state index in [-0.39, 0.29) is 18.3 Å². The lowest BCUT2D eigenvalue weighted by Crippen LogP contribution is -2.25. The first kappa shape index (κ1) is 18.6. The number of amides is 1. The normalized spacial score (nSPS) is 9.91. The zero-order chi connectivity index (χ0) is 15.1. The second-order valence-corrected chi connectivity index (χ2v) is 5.87. The van der Waals surface area contributed by atoms with Crippen molar-refractivity contribution >= 4 is 35.8 Å². The number of halogens is 1. The zero-order valence-corrected chi connectivity index (χ0v) is 14.4. The Balaban J connectivity index is 0.00000242. The smallest absolute Gasteiger partial charge is 0.238 e. The van der Waals surface area contributed by atoms with Gasteiger partial charge in [-0.15, -0.1) is 24.2 Å². The van der Waals surface area contributed by atoms with Crippen molar-refractivity contribution in [1.29, 1.82) is 0 Å². The highest BCUT2D eigenvalue weighted by atomic mass is 35.5. The Morgan fingerprint density at radius 3 is 2.64 bits per heavy atom. The minimum absolute atomic E-state index is 0. The molecule has 2 aromatic carbocycles.